The summed E-state index contributed by atoms with van der Waals surface area (Å²) in [5, 5.41) is 0.421. The van der Waals surface area contributed by atoms with Crippen molar-refractivity contribution in [3.8, 4) is 0 Å². The number of ether oxygens (including phenoxy) is 2. The van der Waals surface area contributed by atoms with Gasteiger partial charge in [0.25, 0.3) is 5.22 Å². The molecular formula is C13H17NO5S. The number of hydrogen-bond donors (Lipinski definition) is 0. The Bertz CT molecular complexity index is 495. The van der Waals surface area contributed by atoms with Crippen LogP contribution in [0.4, 0.5) is 0 Å². The summed E-state index contributed by atoms with van der Waals surface area (Å²) in [5.74, 6) is 0.0479. The summed E-state index contributed by atoms with van der Waals surface area (Å²) in [6.45, 7) is 2.04. The van der Waals surface area contributed by atoms with Gasteiger partial charge in [-0.2, -0.15) is 4.98 Å². The van der Waals surface area contributed by atoms with E-state index in [9.17, 15) is 9.59 Å². The smallest absolute Gasteiger partial charge is 0.360 e. The maximum Gasteiger partial charge on any atom is 0.360 e. The highest BCUT2D eigenvalue weighted by Crippen LogP contribution is 2.52. The number of carbonyl (C=O) groups excluding carboxylic acids is 2. The van der Waals surface area contributed by atoms with E-state index in [1.165, 1.54) is 25.1 Å². The predicted molar refractivity (Wildman–Crippen MR) is 71.5 cm³/mol. The lowest BCUT2D eigenvalue weighted by molar-refractivity contribution is -0.141. The number of carbonyl (C=O) groups is 2. The molecule has 0 aliphatic heterocycles. The molecule has 0 N–H and O–H groups in total. The summed E-state index contributed by atoms with van der Waals surface area (Å²) in [6.07, 6.45) is 3.71. The van der Waals surface area contributed by atoms with Crippen molar-refractivity contribution in [3.05, 3.63) is 12.0 Å². The summed E-state index contributed by atoms with van der Waals surface area (Å²) in [7, 11) is 1.39. The van der Waals surface area contributed by atoms with E-state index in [4.69, 9.17) is 13.9 Å². The van der Waals surface area contributed by atoms with Crippen molar-refractivity contribution >= 4 is 23.7 Å². The van der Waals surface area contributed by atoms with Crippen LogP contribution in [0.15, 0.2) is 15.9 Å². The van der Waals surface area contributed by atoms with Gasteiger partial charge in [0, 0.05) is 5.75 Å². The fraction of sp³-hybridized carbons (Fsp3) is 0.615. The van der Waals surface area contributed by atoms with E-state index in [-0.39, 0.29) is 17.1 Å². The van der Waals surface area contributed by atoms with Gasteiger partial charge in [-0.3, -0.25) is 4.79 Å². The van der Waals surface area contributed by atoms with Crippen LogP contribution in [0, 0.1) is 5.41 Å². The van der Waals surface area contributed by atoms with Crippen molar-refractivity contribution in [2.75, 3.05) is 19.5 Å². The van der Waals surface area contributed by atoms with Crippen LogP contribution >= 0.6 is 11.8 Å². The van der Waals surface area contributed by atoms with Gasteiger partial charge in [-0.25, -0.2) is 4.79 Å². The maximum absolute atomic E-state index is 11.4. The molecule has 110 valence electrons. The molecule has 1 aromatic rings. The van der Waals surface area contributed by atoms with E-state index >= 15 is 0 Å². The Morgan fingerprint density at radius 1 is 1.50 bits per heavy atom. The van der Waals surface area contributed by atoms with E-state index in [1.807, 2.05) is 0 Å². The summed E-state index contributed by atoms with van der Waals surface area (Å²) >= 11 is 1.41. The number of aromatic nitrogens is 1. The first-order chi connectivity index (χ1) is 9.58. The Balaban J connectivity index is 1.85. The Morgan fingerprint density at radius 3 is 2.85 bits per heavy atom. The van der Waals surface area contributed by atoms with Crippen LogP contribution in [-0.4, -0.2) is 36.4 Å². The van der Waals surface area contributed by atoms with Crippen LogP contribution in [0.25, 0.3) is 0 Å². The highest BCUT2D eigenvalue weighted by molar-refractivity contribution is 7.99. The Labute approximate surface area is 121 Å². The van der Waals surface area contributed by atoms with Crippen molar-refractivity contribution < 1.29 is 23.5 Å². The van der Waals surface area contributed by atoms with Gasteiger partial charge in [-0.1, -0.05) is 11.8 Å². The third-order valence-electron chi connectivity index (χ3n) is 3.17. The van der Waals surface area contributed by atoms with Crippen LogP contribution in [0.3, 0.4) is 0 Å². The van der Waals surface area contributed by atoms with E-state index in [0.717, 1.165) is 18.6 Å². The molecule has 0 saturated heterocycles. The van der Waals surface area contributed by atoms with Gasteiger partial charge in [0.15, 0.2) is 5.69 Å². The molecule has 1 fully saturated rings. The number of hydrogen-bond acceptors (Lipinski definition) is 7. The molecule has 0 radical (unpaired) electrons. The van der Waals surface area contributed by atoms with Gasteiger partial charge in [0.2, 0.25) is 0 Å². The largest absolute Gasteiger partial charge is 0.469 e. The average molecular weight is 299 g/mol. The predicted octanol–water partition coefficient (Wildman–Crippen LogP) is 2.29. The number of nitrogens with zero attached hydrogens (tertiary/aromatic N) is 1. The first kappa shape index (κ1) is 14.9. The quantitative estimate of drug-likeness (QED) is 0.564. The van der Waals surface area contributed by atoms with Crippen LogP contribution in [0.1, 0.15) is 36.7 Å². The molecule has 1 saturated carbocycles. The summed E-state index contributed by atoms with van der Waals surface area (Å²) in [6, 6.07) is 0. The molecule has 0 unspecified atom stereocenters. The lowest BCUT2D eigenvalue weighted by atomic mass is 10.1. The first-order valence-electron chi connectivity index (χ1n) is 6.41. The molecule has 0 bridgehead atoms. The molecule has 20 heavy (non-hydrogen) atoms. The van der Waals surface area contributed by atoms with Gasteiger partial charge in [0.1, 0.15) is 6.26 Å². The Morgan fingerprint density at radius 2 is 2.25 bits per heavy atom. The second-order valence-corrected chi connectivity index (χ2v) is 5.69. The van der Waals surface area contributed by atoms with Gasteiger partial charge in [-0.05, 0) is 25.2 Å². The third kappa shape index (κ3) is 3.75. The van der Waals surface area contributed by atoms with E-state index < -0.39 is 5.97 Å². The van der Waals surface area contributed by atoms with Crippen molar-refractivity contribution in [2.45, 2.75) is 31.4 Å². The fourth-order valence-corrected chi connectivity index (χ4v) is 2.86. The highest BCUT2D eigenvalue weighted by atomic mass is 32.2. The summed E-state index contributed by atoms with van der Waals surface area (Å²) in [4.78, 5) is 26.8. The molecule has 0 atom stereocenters. The summed E-state index contributed by atoms with van der Waals surface area (Å²) in [5.41, 5.74) is 0.170. The first-order valence-corrected chi connectivity index (χ1v) is 7.39. The highest BCUT2D eigenvalue weighted by Gasteiger charge is 2.44. The van der Waals surface area contributed by atoms with E-state index in [2.05, 4.69) is 4.98 Å². The molecule has 7 heteroatoms. The van der Waals surface area contributed by atoms with Crippen LogP contribution in [0.5, 0.6) is 0 Å². The van der Waals surface area contributed by atoms with Gasteiger partial charge in [-0.15, -0.1) is 0 Å². The standard InChI is InChI=1S/C13H17NO5S/c1-3-18-11(16)9-7-19-12(14-9)20-8-13(4-5-13)6-10(15)17-2/h7H,3-6,8H2,1-2H3. The SMILES string of the molecule is CCOC(=O)c1coc(SCC2(CC(=O)OC)CC2)n1. The van der Waals surface area contributed by atoms with Crippen molar-refractivity contribution in [2.24, 2.45) is 5.41 Å². The monoisotopic (exact) mass is 299 g/mol. The molecule has 0 amide bonds. The maximum atomic E-state index is 11.4. The van der Waals surface area contributed by atoms with Crippen LogP contribution in [0.2, 0.25) is 0 Å². The van der Waals surface area contributed by atoms with Gasteiger partial charge >= 0.3 is 11.9 Å². The van der Waals surface area contributed by atoms with Crippen molar-refractivity contribution in [1.29, 1.82) is 0 Å². The molecule has 1 aliphatic rings. The fourth-order valence-electron chi connectivity index (χ4n) is 1.76. The number of oxazole rings is 1. The minimum absolute atomic E-state index is 0.00365. The van der Waals surface area contributed by atoms with Crippen LogP contribution in [-0.2, 0) is 14.3 Å². The zero-order chi connectivity index (χ0) is 14.6. The van der Waals surface area contributed by atoms with Crippen LogP contribution < -0.4 is 0 Å². The molecule has 1 heterocycles. The normalized spacial score (nSPS) is 15.7. The number of rotatable bonds is 7. The number of thioether (sulfide) groups is 1. The lowest BCUT2D eigenvalue weighted by Gasteiger charge is -2.11. The second kappa shape index (κ2) is 6.30. The minimum atomic E-state index is -0.487. The number of methoxy groups -OCH3 is 1. The average Bonchev–Trinajstić information content (AvgIpc) is 3.03. The Hall–Kier alpha value is -1.50. The number of esters is 2. The second-order valence-electron chi connectivity index (χ2n) is 4.76. The van der Waals surface area contributed by atoms with Crippen molar-refractivity contribution in [3.63, 3.8) is 0 Å². The Kier molecular flexibility index (Phi) is 4.69. The van der Waals surface area contributed by atoms with E-state index in [1.54, 1.807) is 6.92 Å². The molecule has 1 aromatic heterocycles. The van der Waals surface area contributed by atoms with Crippen molar-refractivity contribution in [1.82, 2.24) is 4.98 Å². The third-order valence-corrected chi connectivity index (χ3v) is 4.36. The molecule has 6 nitrogen and oxygen atoms in total. The van der Waals surface area contributed by atoms with Gasteiger partial charge in [0.05, 0.1) is 20.1 Å². The molecule has 0 aromatic carbocycles. The lowest BCUT2D eigenvalue weighted by Crippen LogP contribution is -2.13. The molecule has 0 spiro atoms. The molecular weight excluding hydrogens is 282 g/mol. The topological polar surface area (TPSA) is 78.6 Å². The molecule has 2 rings (SSSR count). The molecule has 1 aliphatic carbocycles. The summed E-state index contributed by atoms with van der Waals surface area (Å²) < 4.78 is 14.7. The zero-order valence-corrected chi connectivity index (χ0v) is 12.3. The van der Waals surface area contributed by atoms with E-state index in [0.29, 0.717) is 18.3 Å². The minimum Gasteiger partial charge on any atom is -0.469 e. The zero-order valence-electron chi connectivity index (χ0n) is 11.5. The van der Waals surface area contributed by atoms with Gasteiger partial charge < -0.3 is 13.9 Å².